The standard InChI is InChI=1S/C21H15Cl2F3N2O4/c1-10(2)32-20(31)11-3-6-13(7-4-11)27-17-16(23)18(29)28(19(17)30)15-9-12(21(24,25)26)5-8-14(15)22/h3-10,27H,1-2H3. The van der Waals surface area contributed by atoms with Crippen molar-refractivity contribution in [1.29, 1.82) is 0 Å². The molecule has 1 N–H and O–H groups in total. The van der Waals surface area contributed by atoms with Gasteiger partial charge in [-0.2, -0.15) is 13.2 Å². The lowest BCUT2D eigenvalue weighted by molar-refractivity contribution is -0.137. The molecule has 1 heterocycles. The van der Waals surface area contributed by atoms with Crippen LogP contribution in [-0.2, 0) is 20.5 Å². The fourth-order valence-corrected chi connectivity index (χ4v) is 3.22. The Bertz CT molecular complexity index is 1130. The van der Waals surface area contributed by atoms with Crippen molar-refractivity contribution in [3.63, 3.8) is 0 Å². The highest BCUT2D eigenvalue weighted by molar-refractivity contribution is 6.53. The van der Waals surface area contributed by atoms with Crippen LogP contribution in [0.25, 0.3) is 0 Å². The fraction of sp³-hybridized carbons (Fsp3) is 0.190. The minimum atomic E-state index is -4.71. The Hall–Kier alpha value is -3.04. The van der Waals surface area contributed by atoms with Crippen LogP contribution in [0.5, 0.6) is 0 Å². The van der Waals surface area contributed by atoms with Gasteiger partial charge in [0.15, 0.2) is 0 Å². The van der Waals surface area contributed by atoms with Gasteiger partial charge in [0.25, 0.3) is 11.8 Å². The second-order valence-corrected chi connectivity index (χ2v) is 7.74. The van der Waals surface area contributed by atoms with Crippen molar-refractivity contribution in [3.8, 4) is 0 Å². The third-order valence-corrected chi connectivity index (χ3v) is 4.94. The first-order valence-electron chi connectivity index (χ1n) is 9.13. The molecule has 2 amide bonds. The van der Waals surface area contributed by atoms with E-state index in [0.717, 1.165) is 12.1 Å². The van der Waals surface area contributed by atoms with Gasteiger partial charge in [0.2, 0.25) is 0 Å². The van der Waals surface area contributed by atoms with E-state index < -0.39 is 40.2 Å². The lowest BCUT2D eigenvalue weighted by Crippen LogP contribution is -2.32. The van der Waals surface area contributed by atoms with E-state index in [1.807, 2.05) is 0 Å². The number of rotatable bonds is 5. The van der Waals surface area contributed by atoms with Crippen molar-refractivity contribution in [2.45, 2.75) is 26.1 Å². The van der Waals surface area contributed by atoms with Gasteiger partial charge in [-0.05, 0) is 56.3 Å². The largest absolute Gasteiger partial charge is 0.459 e. The van der Waals surface area contributed by atoms with Gasteiger partial charge >= 0.3 is 12.1 Å². The number of ether oxygens (including phenoxy) is 1. The zero-order valence-electron chi connectivity index (χ0n) is 16.6. The summed E-state index contributed by atoms with van der Waals surface area (Å²) in [6, 6.07) is 8.04. The maximum absolute atomic E-state index is 13.1. The highest BCUT2D eigenvalue weighted by atomic mass is 35.5. The predicted octanol–water partition coefficient (Wildman–Crippen LogP) is 5.36. The van der Waals surface area contributed by atoms with E-state index >= 15 is 0 Å². The summed E-state index contributed by atoms with van der Waals surface area (Å²) in [7, 11) is 0. The monoisotopic (exact) mass is 486 g/mol. The van der Waals surface area contributed by atoms with E-state index in [4.69, 9.17) is 27.9 Å². The Labute approximate surface area is 190 Å². The Morgan fingerprint density at radius 3 is 2.22 bits per heavy atom. The van der Waals surface area contributed by atoms with E-state index in [0.29, 0.717) is 16.7 Å². The molecule has 2 aromatic rings. The average Bonchev–Trinajstić information content (AvgIpc) is 2.91. The molecule has 32 heavy (non-hydrogen) atoms. The summed E-state index contributed by atoms with van der Waals surface area (Å²) in [6.45, 7) is 3.40. The summed E-state index contributed by atoms with van der Waals surface area (Å²) in [5.41, 5.74) is -1.31. The topological polar surface area (TPSA) is 75.7 Å². The number of nitrogens with zero attached hydrogens (tertiary/aromatic N) is 1. The van der Waals surface area contributed by atoms with E-state index in [2.05, 4.69) is 5.32 Å². The molecular weight excluding hydrogens is 472 g/mol. The van der Waals surface area contributed by atoms with E-state index in [1.165, 1.54) is 24.3 Å². The number of carbonyl (C=O) groups is 3. The first-order valence-corrected chi connectivity index (χ1v) is 9.89. The van der Waals surface area contributed by atoms with Crippen molar-refractivity contribution in [2.75, 3.05) is 10.2 Å². The number of esters is 1. The second kappa shape index (κ2) is 8.84. The number of amides is 2. The summed E-state index contributed by atoms with van der Waals surface area (Å²) in [4.78, 5) is 37.8. The van der Waals surface area contributed by atoms with Crippen LogP contribution in [-0.4, -0.2) is 23.9 Å². The summed E-state index contributed by atoms with van der Waals surface area (Å²) in [6.07, 6.45) is -5.01. The molecule has 0 aliphatic carbocycles. The lowest BCUT2D eigenvalue weighted by Gasteiger charge is -2.18. The van der Waals surface area contributed by atoms with Crippen LogP contribution in [0.4, 0.5) is 24.5 Å². The highest BCUT2D eigenvalue weighted by Crippen LogP contribution is 2.38. The van der Waals surface area contributed by atoms with E-state index in [-0.39, 0.29) is 22.4 Å². The minimum absolute atomic E-state index is 0.238. The number of anilines is 2. The van der Waals surface area contributed by atoms with Crippen LogP contribution >= 0.6 is 23.2 Å². The van der Waals surface area contributed by atoms with Crippen LogP contribution in [0, 0.1) is 0 Å². The van der Waals surface area contributed by atoms with Gasteiger partial charge < -0.3 is 10.1 Å². The summed E-state index contributed by atoms with van der Waals surface area (Å²) in [5, 5.41) is 1.90. The molecule has 0 atom stereocenters. The number of carbonyl (C=O) groups excluding carboxylic acids is 3. The maximum Gasteiger partial charge on any atom is 0.416 e. The SMILES string of the molecule is CC(C)OC(=O)c1ccc(NC2=C(Cl)C(=O)N(c3cc(C(F)(F)F)ccc3Cl)C2=O)cc1. The van der Waals surface area contributed by atoms with Gasteiger partial charge in [-0.15, -0.1) is 0 Å². The normalized spacial score (nSPS) is 14.4. The maximum atomic E-state index is 13.1. The third kappa shape index (κ3) is 4.73. The van der Waals surface area contributed by atoms with Crippen LogP contribution in [0.3, 0.4) is 0 Å². The number of halogens is 5. The highest BCUT2D eigenvalue weighted by Gasteiger charge is 2.41. The van der Waals surface area contributed by atoms with Gasteiger partial charge in [0.05, 0.1) is 27.9 Å². The van der Waals surface area contributed by atoms with Gasteiger partial charge in [0, 0.05) is 5.69 Å². The smallest absolute Gasteiger partial charge is 0.416 e. The molecule has 1 aliphatic rings. The summed E-state index contributed by atoms with van der Waals surface area (Å²) < 4.78 is 44.3. The number of imide groups is 1. The molecule has 0 spiro atoms. The second-order valence-electron chi connectivity index (χ2n) is 6.96. The van der Waals surface area contributed by atoms with Gasteiger partial charge in [-0.25, -0.2) is 9.69 Å². The van der Waals surface area contributed by atoms with Gasteiger partial charge in [0.1, 0.15) is 10.7 Å². The number of nitrogens with one attached hydrogen (secondary N) is 1. The summed E-state index contributed by atoms with van der Waals surface area (Å²) >= 11 is 12.0. The fourth-order valence-electron chi connectivity index (χ4n) is 2.81. The van der Waals surface area contributed by atoms with Crippen molar-refractivity contribution >= 4 is 52.4 Å². The molecule has 6 nitrogen and oxygen atoms in total. The molecule has 0 saturated heterocycles. The molecule has 0 saturated carbocycles. The number of hydrogen-bond donors (Lipinski definition) is 1. The molecule has 0 radical (unpaired) electrons. The Kier molecular flexibility index (Phi) is 6.52. The molecule has 168 valence electrons. The van der Waals surface area contributed by atoms with E-state index in [9.17, 15) is 27.6 Å². The van der Waals surface area contributed by atoms with Gasteiger partial charge in [-0.3, -0.25) is 9.59 Å². The number of alkyl halides is 3. The van der Waals surface area contributed by atoms with Crippen LogP contribution < -0.4 is 10.2 Å². The number of hydrogen-bond acceptors (Lipinski definition) is 5. The van der Waals surface area contributed by atoms with Crippen molar-refractivity contribution in [1.82, 2.24) is 0 Å². The molecular formula is C21H15Cl2F3N2O4. The molecule has 0 aromatic heterocycles. The molecule has 3 rings (SSSR count). The van der Waals surface area contributed by atoms with Crippen LogP contribution in [0.15, 0.2) is 53.2 Å². The first-order chi connectivity index (χ1) is 14.9. The number of benzene rings is 2. The molecule has 1 aliphatic heterocycles. The van der Waals surface area contributed by atoms with E-state index in [1.54, 1.807) is 13.8 Å². The molecule has 0 unspecified atom stereocenters. The molecule has 0 bridgehead atoms. The van der Waals surface area contributed by atoms with Crippen molar-refractivity contribution in [3.05, 3.63) is 69.3 Å². The molecule has 0 fully saturated rings. The molecule has 11 heteroatoms. The van der Waals surface area contributed by atoms with Gasteiger partial charge in [-0.1, -0.05) is 23.2 Å². The minimum Gasteiger partial charge on any atom is -0.459 e. The zero-order chi connectivity index (χ0) is 23.8. The van der Waals surface area contributed by atoms with Crippen LogP contribution in [0.1, 0.15) is 29.8 Å². The third-order valence-electron chi connectivity index (χ3n) is 4.27. The Morgan fingerprint density at radius 1 is 1.03 bits per heavy atom. The Morgan fingerprint density at radius 2 is 1.66 bits per heavy atom. The van der Waals surface area contributed by atoms with Crippen molar-refractivity contribution in [2.24, 2.45) is 0 Å². The first kappa shape index (κ1) is 23.6. The quantitative estimate of drug-likeness (QED) is 0.454. The van der Waals surface area contributed by atoms with Crippen molar-refractivity contribution < 1.29 is 32.3 Å². The van der Waals surface area contributed by atoms with Crippen LogP contribution in [0.2, 0.25) is 5.02 Å². The average molecular weight is 487 g/mol. The lowest BCUT2D eigenvalue weighted by atomic mass is 10.1. The Balaban J connectivity index is 1.86. The molecule has 2 aromatic carbocycles. The predicted molar refractivity (Wildman–Crippen MR) is 112 cm³/mol. The zero-order valence-corrected chi connectivity index (χ0v) is 18.1. The summed E-state index contributed by atoms with van der Waals surface area (Å²) in [5.74, 6) is -2.55.